The lowest BCUT2D eigenvalue weighted by Crippen LogP contribution is -2.29. The molecule has 0 radical (unpaired) electrons. The molecule has 31 heavy (non-hydrogen) atoms. The molecule has 0 aliphatic carbocycles. The number of rotatable bonds is 5. The van der Waals surface area contributed by atoms with Gasteiger partial charge in [-0.05, 0) is 43.3 Å². The Morgan fingerprint density at radius 3 is 2.48 bits per heavy atom. The van der Waals surface area contributed by atoms with E-state index in [1.807, 2.05) is 26.8 Å². The summed E-state index contributed by atoms with van der Waals surface area (Å²) >= 11 is 6.79. The van der Waals surface area contributed by atoms with Crippen molar-refractivity contribution in [3.8, 4) is 5.75 Å². The fraction of sp³-hybridized carbons (Fsp3) is 0.273. The summed E-state index contributed by atoms with van der Waals surface area (Å²) in [4.78, 5) is 29.1. The van der Waals surface area contributed by atoms with Gasteiger partial charge in [0.2, 0.25) is 0 Å². The first-order chi connectivity index (χ1) is 14.5. The van der Waals surface area contributed by atoms with Gasteiger partial charge in [-0.1, -0.05) is 52.6 Å². The van der Waals surface area contributed by atoms with Crippen molar-refractivity contribution < 1.29 is 14.6 Å². The maximum Gasteiger partial charge on any atom is 0.344 e. The van der Waals surface area contributed by atoms with E-state index < -0.39 is 17.5 Å². The van der Waals surface area contributed by atoms with Gasteiger partial charge in [0.1, 0.15) is 11.6 Å². The molecule has 0 amide bonds. The maximum absolute atomic E-state index is 13.3. The SMILES string of the molecule is C[C@H](Oc1ccc(Br)cc1C=Nn1c(C(C)(C)C)nc2ccc(Br)cc2c1=O)C(=O)O. The highest BCUT2D eigenvalue weighted by Gasteiger charge is 2.23. The number of aromatic nitrogens is 2. The van der Waals surface area contributed by atoms with Crippen LogP contribution in [-0.4, -0.2) is 33.1 Å². The Labute approximate surface area is 196 Å². The molecule has 3 rings (SSSR count). The molecule has 0 aliphatic heterocycles. The second kappa shape index (κ2) is 8.92. The molecule has 0 bridgehead atoms. The van der Waals surface area contributed by atoms with Crippen LogP contribution in [0.25, 0.3) is 10.9 Å². The molecule has 1 N–H and O–H groups in total. The summed E-state index contributed by atoms with van der Waals surface area (Å²) in [6, 6.07) is 10.5. The maximum atomic E-state index is 13.3. The van der Waals surface area contributed by atoms with Crippen LogP contribution < -0.4 is 10.3 Å². The molecule has 3 aromatic rings. The number of aliphatic carboxylic acids is 1. The van der Waals surface area contributed by atoms with Gasteiger partial charge in [-0.15, -0.1) is 0 Å². The Morgan fingerprint density at radius 1 is 1.19 bits per heavy atom. The molecule has 0 aliphatic rings. The van der Waals surface area contributed by atoms with Crippen molar-refractivity contribution in [2.24, 2.45) is 5.10 Å². The molecule has 162 valence electrons. The number of ether oxygens (including phenoxy) is 1. The Bertz CT molecular complexity index is 1250. The summed E-state index contributed by atoms with van der Waals surface area (Å²) in [5.41, 5.74) is 0.352. The highest BCUT2D eigenvalue weighted by atomic mass is 79.9. The van der Waals surface area contributed by atoms with Crippen LogP contribution in [0.4, 0.5) is 0 Å². The van der Waals surface area contributed by atoms with Crippen molar-refractivity contribution in [2.75, 3.05) is 0 Å². The van der Waals surface area contributed by atoms with Crippen LogP contribution in [-0.2, 0) is 10.2 Å². The fourth-order valence-corrected chi connectivity index (χ4v) is 3.57. The highest BCUT2D eigenvalue weighted by molar-refractivity contribution is 9.10. The normalized spacial score (nSPS) is 13.0. The number of carboxylic acid groups (broad SMARTS) is 1. The summed E-state index contributed by atoms with van der Waals surface area (Å²) in [5, 5.41) is 14.0. The van der Waals surface area contributed by atoms with Gasteiger partial charge in [0, 0.05) is 19.9 Å². The number of halogens is 2. The van der Waals surface area contributed by atoms with E-state index in [9.17, 15) is 9.59 Å². The zero-order valence-corrected chi connectivity index (χ0v) is 20.6. The van der Waals surface area contributed by atoms with Gasteiger partial charge in [0.15, 0.2) is 6.10 Å². The minimum absolute atomic E-state index is 0.302. The molecule has 0 spiro atoms. The smallest absolute Gasteiger partial charge is 0.344 e. The number of nitrogens with zero attached hydrogens (tertiary/aromatic N) is 3. The van der Waals surface area contributed by atoms with Crippen molar-refractivity contribution in [2.45, 2.75) is 39.2 Å². The largest absolute Gasteiger partial charge is 0.479 e. The average Bonchev–Trinajstić information content (AvgIpc) is 2.68. The number of carbonyl (C=O) groups is 1. The first-order valence-electron chi connectivity index (χ1n) is 9.43. The second-order valence-electron chi connectivity index (χ2n) is 7.99. The van der Waals surface area contributed by atoms with Gasteiger partial charge < -0.3 is 9.84 Å². The third-order valence-electron chi connectivity index (χ3n) is 4.41. The van der Waals surface area contributed by atoms with Gasteiger partial charge in [-0.25, -0.2) is 9.78 Å². The quantitative estimate of drug-likeness (QED) is 0.453. The predicted octanol–water partition coefficient (Wildman–Crippen LogP) is 4.95. The van der Waals surface area contributed by atoms with Gasteiger partial charge >= 0.3 is 5.97 Å². The zero-order valence-electron chi connectivity index (χ0n) is 17.4. The average molecular weight is 551 g/mol. The molecule has 0 fully saturated rings. The van der Waals surface area contributed by atoms with Gasteiger partial charge in [0.25, 0.3) is 5.56 Å². The van der Waals surface area contributed by atoms with E-state index in [-0.39, 0.29) is 5.56 Å². The molecule has 7 nitrogen and oxygen atoms in total. The number of hydrogen-bond donors (Lipinski definition) is 1. The molecule has 1 aromatic heterocycles. The van der Waals surface area contributed by atoms with E-state index in [0.717, 1.165) is 8.95 Å². The van der Waals surface area contributed by atoms with Crippen molar-refractivity contribution in [1.82, 2.24) is 9.66 Å². The van der Waals surface area contributed by atoms with Crippen LogP contribution in [0.1, 0.15) is 39.1 Å². The van der Waals surface area contributed by atoms with Crippen molar-refractivity contribution >= 4 is 54.9 Å². The lowest BCUT2D eigenvalue weighted by Gasteiger charge is -2.21. The molecule has 0 saturated heterocycles. The lowest BCUT2D eigenvalue weighted by molar-refractivity contribution is -0.144. The van der Waals surface area contributed by atoms with Crippen molar-refractivity contribution in [1.29, 1.82) is 0 Å². The van der Waals surface area contributed by atoms with Gasteiger partial charge in [-0.3, -0.25) is 4.79 Å². The summed E-state index contributed by atoms with van der Waals surface area (Å²) in [6.45, 7) is 7.30. The van der Waals surface area contributed by atoms with E-state index in [2.05, 4.69) is 41.9 Å². The van der Waals surface area contributed by atoms with Gasteiger partial charge in [0.05, 0.1) is 17.1 Å². The van der Waals surface area contributed by atoms with Crippen LogP contribution in [0.3, 0.4) is 0 Å². The summed E-state index contributed by atoms with van der Waals surface area (Å²) in [6.07, 6.45) is 0.428. The van der Waals surface area contributed by atoms with E-state index >= 15 is 0 Å². The lowest BCUT2D eigenvalue weighted by atomic mass is 9.95. The topological polar surface area (TPSA) is 93.8 Å². The van der Waals surface area contributed by atoms with Crippen LogP contribution >= 0.6 is 31.9 Å². The van der Waals surface area contributed by atoms with E-state index in [4.69, 9.17) is 9.84 Å². The number of fused-ring (bicyclic) bond motifs is 1. The molecule has 2 aromatic carbocycles. The molecular formula is C22H21Br2N3O4. The van der Waals surface area contributed by atoms with E-state index in [1.165, 1.54) is 17.8 Å². The van der Waals surface area contributed by atoms with Crippen LogP contribution in [0.15, 0.2) is 55.2 Å². The van der Waals surface area contributed by atoms with Gasteiger partial charge in [-0.2, -0.15) is 9.78 Å². The third kappa shape index (κ3) is 5.22. The fourth-order valence-electron chi connectivity index (χ4n) is 2.83. The van der Waals surface area contributed by atoms with Crippen LogP contribution in [0.2, 0.25) is 0 Å². The standard InChI is InChI=1S/C22H21Br2N3O4/c1-12(20(29)30)31-18-8-6-14(23)9-13(18)11-25-27-19(28)16-10-15(24)5-7-17(16)26-21(27)22(2,3)4/h5-12H,1-4H3,(H,29,30)/t12-/m0/s1. The minimum atomic E-state index is -1.08. The number of carboxylic acids is 1. The van der Waals surface area contributed by atoms with E-state index in [0.29, 0.717) is 28.0 Å². The number of benzene rings is 2. The second-order valence-corrected chi connectivity index (χ2v) is 9.82. The molecule has 1 atom stereocenters. The Morgan fingerprint density at radius 2 is 1.84 bits per heavy atom. The third-order valence-corrected chi connectivity index (χ3v) is 5.40. The van der Waals surface area contributed by atoms with Crippen molar-refractivity contribution in [3.05, 3.63) is 67.1 Å². The van der Waals surface area contributed by atoms with Crippen molar-refractivity contribution in [3.63, 3.8) is 0 Å². The zero-order chi connectivity index (χ0) is 22.9. The summed E-state index contributed by atoms with van der Waals surface area (Å²) < 4.78 is 8.35. The van der Waals surface area contributed by atoms with Crippen LogP contribution in [0.5, 0.6) is 5.75 Å². The minimum Gasteiger partial charge on any atom is -0.479 e. The Kier molecular flexibility index (Phi) is 6.66. The molecule has 0 saturated carbocycles. The highest BCUT2D eigenvalue weighted by Crippen LogP contribution is 2.25. The first kappa shape index (κ1) is 23.1. The Balaban J connectivity index is 2.17. The number of hydrogen-bond acceptors (Lipinski definition) is 5. The van der Waals surface area contributed by atoms with E-state index in [1.54, 1.807) is 30.3 Å². The molecule has 0 unspecified atom stereocenters. The summed E-state index contributed by atoms with van der Waals surface area (Å²) in [5.74, 6) is -0.245. The first-order valence-corrected chi connectivity index (χ1v) is 11.0. The molecule has 9 heteroatoms. The summed E-state index contributed by atoms with van der Waals surface area (Å²) in [7, 11) is 0. The molecular weight excluding hydrogens is 530 g/mol. The predicted molar refractivity (Wildman–Crippen MR) is 127 cm³/mol. The molecule has 1 heterocycles. The Hall–Kier alpha value is -2.52. The van der Waals surface area contributed by atoms with Crippen LogP contribution in [0, 0.1) is 0 Å². The monoisotopic (exact) mass is 549 g/mol.